The van der Waals surface area contributed by atoms with Gasteiger partial charge < -0.3 is 0 Å². The Hall–Kier alpha value is 0.558. The summed E-state index contributed by atoms with van der Waals surface area (Å²) in [5, 5.41) is 6.91. The quantitative estimate of drug-likeness (QED) is 0.0699. The average Bonchev–Trinajstić information content (AvgIpc) is 2.83. The first-order valence-electron chi connectivity index (χ1n) is 16.2. The zero-order valence-corrected chi connectivity index (χ0v) is 26.4. The van der Waals surface area contributed by atoms with E-state index in [0.717, 1.165) is 0 Å². The van der Waals surface area contributed by atoms with Crippen LogP contribution in [-0.2, 0) is 0 Å². The fourth-order valence-corrected chi connectivity index (χ4v) is 17.4. The van der Waals surface area contributed by atoms with Crippen LogP contribution in [0.3, 0.4) is 0 Å². The third kappa shape index (κ3) is 22.7. The zero-order valence-electron chi connectivity index (χ0n) is 24.3. The van der Waals surface area contributed by atoms with Gasteiger partial charge in [-0.05, 0) is 0 Å². The zero-order chi connectivity index (χ0) is 24.3. The van der Waals surface area contributed by atoms with Crippen molar-refractivity contribution in [3.05, 3.63) is 0 Å². The summed E-state index contributed by atoms with van der Waals surface area (Å²) >= 11 is -1.68. The van der Waals surface area contributed by atoms with E-state index in [2.05, 4.69) is 27.7 Å². The summed E-state index contributed by atoms with van der Waals surface area (Å²) in [5.74, 6) is 0. The molecule has 0 N–H and O–H groups in total. The Morgan fingerprint density at radius 1 is 0.242 bits per heavy atom. The van der Waals surface area contributed by atoms with Gasteiger partial charge in [0.2, 0.25) is 0 Å². The molecule has 0 aliphatic heterocycles. The molecule has 0 aromatic heterocycles. The molecule has 0 unspecified atom stereocenters. The molecule has 0 aromatic rings. The molecule has 0 bridgehead atoms. The van der Waals surface area contributed by atoms with E-state index in [1.807, 2.05) is 0 Å². The predicted octanol–water partition coefficient (Wildman–Crippen LogP) is 12.6. The summed E-state index contributed by atoms with van der Waals surface area (Å²) in [6.45, 7) is 9.40. The van der Waals surface area contributed by atoms with Gasteiger partial charge in [-0.1, -0.05) is 0 Å². The van der Waals surface area contributed by atoms with Crippen molar-refractivity contribution in [2.45, 2.75) is 203 Å². The van der Waals surface area contributed by atoms with E-state index >= 15 is 0 Å². The summed E-state index contributed by atoms with van der Waals surface area (Å²) in [6.07, 6.45) is 35.9. The molecule has 0 heterocycles. The van der Waals surface area contributed by atoms with Crippen molar-refractivity contribution in [2.24, 2.45) is 0 Å². The average molecular weight is 529 g/mol. The molecule has 0 saturated carbocycles. The molecule has 0 nitrogen and oxygen atoms in total. The number of hydrogen-bond acceptors (Lipinski definition) is 0. The van der Waals surface area contributed by atoms with Crippen LogP contribution >= 0.6 is 0 Å². The van der Waals surface area contributed by atoms with Crippen LogP contribution < -0.4 is 0 Å². The van der Waals surface area contributed by atoms with Gasteiger partial charge in [-0.25, -0.2) is 0 Å². The molecule has 0 fully saturated rings. The molecule has 202 valence electrons. The Bertz CT molecular complexity index is 281. The first kappa shape index (κ1) is 33.6. The Morgan fingerprint density at radius 2 is 0.424 bits per heavy atom. The fraction of sp³-hybridized carbons (Fsp3) is 1.00. The molecule has 0 amide bonds. The maximum atomic E-state index is 2.35. The Balaban J connectivity index is 4.74. The molecule has 0 atom stereocenters. The topological polar surface area (TPSA) is 0 Å². The standard InChI is InChI=1S/C32H69As/c1-5-9-13-17-21-25-29-33(30-26-22-18-14-10-6-2,31-27-23-19-15-11-7-3)32-28-24-20-16-12-8-4/h33H,5-32H2,1-4H3. The van der Waals surface area contributed by atoms with Crippen molar-refractivity contribution in [2.75, 3.05) is 0 Å². The number of rotatable bonds is 28. The second-order valence-corrected chi connectivity index (χ2v) is 22.1. The summed E-state index contributed by atoms with van der Waals surface area (Å²) < 4.78 is 0. The second kappa shape index (κ2) is 27.2. The van der Waals surface area contributed by atoms with Gasteiger partial charge in [-0.3, -0.25) is 0 Å². The molecule has 0 aliphatic carbocycles. The Morgan fingerprint density at radius 3 is 0.636 bits per heavy atom. The van der Waals surface area contributed by atoms with Gasteiger partial charge in [0.25, 0.3) is 0 Å². The van der Waals surface area contributed by atoms with Gasteiger partial charge in [0.1, 0.15) is 0 Å². The van der Waals surface area contributed by atoms with E-state index in [0.29, 0.717) is 0 Å². The van der Waals surface area contributed by atoms with Crippen LogP contribution in [0.15, 0.2) is 0 Å². The molecule has 0 aromatic carbocycles. The van der Waals surface area contributed by atoms with Gasteiger partial charge in [0.05, 0.1) is 0 Å². The first-order valence-corrected chi connectivity index (χ1v) is 22.2. The van der Waals surface area contributed by atoms with Crippen LogP contribution in [0.2, 0.25) is 20.8 Å². The molecular formula is C32H69As. The van der Waals surface area contributed by atoms with E-state index < -0.39 is 13.6 Å². The molecule has 33 heavy (non-hydrogen) atoms. The summed E-state index contributed by atoms with van der Waals surface area (Å²) in [5.41, 5.74) is 0. The maximum absolute atomic E-state index is 2.35. The van der Waals surface area contributed by atoms with Crippen molar-refractivity contribution in [1.29, 1.82) is 0 Å². The molecular weight excluding hydrogens is 459 g/mol. The van der Waals surface area contributed by atoms with Crippen LogP contribution in [0.1, 0.15) is 182 Å². The minimum atomic E-state index is -1.68. The Kier molecular flexibility index (Phi) is 27.6. The van der Waals surface area contributed by atoms with Crippen molar-refractivity contribution < 1.29 is 0 Å². The molecule has 0 aliphatic rings. The number of unbranched alkanes of at least 4 members (excludes halogenated alkanes) is 20. The monoisotopic (exact) mass is 528 g/mol. The second-order valence-electron chi connectivity index (χ2n) is 11.6. The van der Waals surface area contributed by atoms with Crippen LogP contribution in [0.25, 0.3) is 0 Å². The SMILES string of the molecule is CCCCCCCC[AsH](CCCCCCCC)(CCCCCCCC)CCCCCCCC. The first-order chi connectivity index (χ1) is 16.2. The molecule has 1 heteroatoms. The predicted molar refractivity (Wildman–Crippen MR) is 160 cm³/mol. The van der Waals surface area contributed by atoms with Gasteiger partial charge in [0.15, 0.2) is 0 Å². The van der Waals surface area contributed by atoms with Gasteiger partial charge in [0, 0.05) is 0 Å². The van der Waals surface area contributed by atoms with Crippen LogP contribution in [0.4, 0.5) is 0 Å². The summed E-state index contributed by atoms with van der Waals surface area (Å²) in [7, 11) is 0. The molecule has 0 spiro atoms. The van der Waals surface area contributed by atoms with E-state index in [1.165, 1.54) is 128 Å². The minimum absolute atomic E-state index is 1.38. The van der Waals surface area contributed by atoms with Crippen molar-refractivity contribution in [3.8, 4) is 0 Å². The third-order valence-electron chi connectivity index (χ3n) is 8.24. The van der Waals surface area contributed by atoms with Gasteiger partial charge in [-0.15, -0.1) is 0 Å². The van der Waals surface area contributed by atoms with Crippen molar-refractivity contribution in [3.63, 3.8) is 0 Å². The van der Waals surface area contributed by atoms with Crippen LogP contribution in [0.5, 0.6) is 0 Å². The summed E-state index contributed by atoms with van der Waals surface area (Å²) in [6, 6.07) is 0. The fourth-order valence-electron chi connectivity index (χ4n) is 5.87. The normalized spacial score (nSPS) is 12.5. The van der Waals surface area contributed by atoms with Crippen LogP contribution in [-0.4, -0.2) is 13.6 Å². The Labute approximate surface area is 215 Å². The van der Waals surface area contributed by atoms with Crippen molar-refractivity contribution in [1.82, 2.24) is 0 Å². The van der Waals surface area contributed by atoms with E-state index in [9.17, 15) is 0 Å². The number of hydrogen-bond donors (Lipinski definition) is 0. The molecule has 0 rings (SSSR count). The van der Waals surface area contributed by atoms with Crippen LogP contribution in [0, 0.1) is 0 Å². The van der Waals surface area contributed by atoms with E-state index in [4.69, 9.17) is 0 Å². The van der Waals surface area contributed by atoms with E-state index in [1.54, 1.807) is 46.5 Å². The molecule has 0 radical (unpaired) electrons. The van der Waals surface area contributed by atoms with E-state index in [-0.39, 0.29) is 0 Å². The summed E-state index contributed by atoms with van der Waals surface area (Å²) in [4.78, 5) is 0. The third-order valence-corrected chi connectivity index (χ3v) is 20.1. The molecule has 0 saturated heterocycles. The van der Waals surface area contributed by atoms with Gasteiger partial charge in [-0.2, -0.15) is 0 Å². The van der Waals surface area contributed by atoms with Crippen molar-refractivity contribution >= 4 is 13.6 Å². The van der Waals surface area contributed by atoms with Gasteiger partial charge >= 0.3 is 216 Å².